The third kappa shape index (κ3) is 3.99. The molecular weight excluding hydrogens is 426 g/mol. The Balaban J connectivity index is 1.26. The number of carbonyl (C=O) groups is 2. The third-order valence-electron chi connectivity index (χ3n) is 6.75. The second-order valence-electron chi connectivity index (χ2n) is 8.70. The van der Waals surface area contributed by atoms with Gasteiger partial charge >= 0.3 is 0 Å². The number of carbonyl (C=O) groups excluding carboxylic acids is 2. The van der Waals surface area contributed by atoms with Crippen molar-refractivity contribution in [3.63, 3.8) is 0 Å². The van der Waals surface area contributed by atoms with Crippen molar-refractivity contribution in [3.05, 3.63) is 64.5 Å². The number of amides is 2. The molecule has 3 heterocycles. The van der Waals surface area contributed by atoms with Gasteiger partial charge in [0, 0.05) is 37.5 Å². The van der Waals surface area contributed by atoms with Gasteiger partial charge in [-0.05, 0) is 48.6 Å². The number of piperidine rings is 1. The van der Waals surface area contributed by atoms with E-state index in [4.69, 9.17) is 16.0 Å². The fourth-order valence-corrected chi connectivity index (χ4v) is 5.18. The van der Waals surface area contributed by atoms with Crippen molar-refractivity contribution >= 4 is 34.5 Å². The number of rotatable bonds is 3. The van der Waals surface area contributed by atoms with Gasteiger partial charge < -0.3 is 14.2 Å². The Morgan fingerprint density at radius 2 is 1.91 bits per heavy atom. The van der Waals surface area contributed by atoms with E-state index < -0.39 is 0 Å². The molecule has 3 aromatic rings. The molecule has 0 radical (unpaired) electrons. The molecule has 5 rings (SSSR count). The predicted molar refractivity (Wildman–Crippen MR) is 122 cm³/mol. The number of likely N-dealkylation sites (tertiary alicyclic amines) is 1. The number of oxazole rings is 1. The molecule has 1 atom stereocenters. The Bertz CT molecular complexity index is 1170. The first-order valence-corrected chi connectivity index (χ1v) is 11.6. The maximum absolute atomic E-state index is 13.2. The molecule has 2 aromatic carbocycles. The number of fused-ring (bicyclic) bond motifs is 2. The molecule has 0 N–H and O–H groups in total. The minimum Gasteiger partial charge on any atom is -0.440 e. The second kappa shape index (κ2) is 8.58. The van der Waals surface area contributed by atoms with Gasteiger partial charge in [0.05, 0.1) is 12.5 Å². The average Bonchev–Trinajstić information content (AvgIpc) is 3.22. The lowest BCUT2D eigenvalue weighted by atomic mass is 9.89. The van der Waals surface area contributed by atoms with Crippen LogP contribution in [0.4, 0.5) is 0 Å². The van der Waals surface area contributed by atoms with Crippen molar-refractivity contribution < 1.29 is 14.0 Å². The first kappa shape index (κ1) is 21.0. The highest BCUT2D eigenvalue weighted by Crippen LogP contribution is 2.35. The number of nitrogens with zero attached hydrogens (tertiary/aromatic N) is 3. The predicted octanol–water partition coefficient (Wildman–Crippen LogP) is 4.72. The zero-order valence-corrected chi connectivity index (χ0v) is 18.8. The van der Waals surface area contributed by atoms with E-state index in [0.717, 1.165) is 41.8 Å². The van der Waals surface area contributed by atoms with Crippen LogP contribution in [0.15, 0.2) is 46.9 Å². The molecule has 166 valence electrons. The average molecular weight is 452 g/mol. The summed E-state index contributed by atoms with van der Waals surface area (Å²) in [6.45, 7) is 3.58. The molecule has 1 aromatic heterocycles. The smallest absolute Gasteiger partial charge is 0.224 e. The number of hydrogen-bond donors (Lipinski definition) is 0. The number of aromatic nitrogens is 1. The summed E-state index contributed by atoms with van der Waals surface area (Å²) >= 11 is 6.06. The fraction of sp³-hybridized carbons (Fsp3) is 0.400. The SMILES string of the molecule is CC(=O)N1CCc2ccccc2C1CC(=O)N1CCC(c2nc3cc(Cl)ccc3o2)CC1. The number of benzene rings is 2. The molecule has 0 aliphatic carbocycles. The monoisotopic (exact) mass is 451 g/mol. The summed E-state index contributed by atoms with van der Waals surface area (Å²) < 4.78 is 5.94. The van der Waals surface area contributed by atoms with Crippen molar-refractivity contribution in [2.24, 2.45) is 0 Å². The topological polar surface area (TPSA) is 66.7 Å². The Kier molecular flexibility index (Phi) is 5.64. The first-order chi connectivity index (χ1) is 15.5. The van der Waals surface area contributed by atoms with E-state index in [1.54, 1.807) is 13.0 Å². The molecule has 2 aliphatic heterocycles. The number of hydrogen-bond acceptors (Lipinski definition) is 4. The van der Waals surface area contributed by atoms with Crippen LogP contribution in [0.25, 0.3) is 11.1 Å². The lowest BCUT2D eigenvalue weighted by molar-refractivity contribution is -0.137. The van der Waals surface area contributed by atoms with Crippen molar-refractivity contribution in [1.29, 1.82) is 0 Å². The van der Waals surface area contributed by atoms with Crippen LogP contribution >= 0.6 is 11.6 Å². The Hall–Kier alpha value is -2.86. The highest BCUT2D eigenvalue weighted by Gasteiger charge is 2.33. The summed E-state index contributed by atoms with van der Waals surface area (Å²) in [6.07, 6.45) is 2.78. The van der Waals surface area contributed by atoms with Gasteiger partial charge in [-0.15, -0.1) is 0 Å². The molecule has 2 aliphatic rings. The highest BCUT2D eigenvalue weighted by atomic mass is 35.5. The fourth-order valence-electron chi connectivity index (χ4n) is 5.01. The van der Waals surface area contributed by atoms with Gasteiger partial charge in [0.15, 0.2) is 11.5 Å². The van der Waals surface area contributed by atoms with E-state index in [0.29, 0.717) is 31.1 Å². The van der Waals surface area contributed by atoms with Gasteiger partial charge in [0.25, 0.3) is 0 Å². The van der Waals surface area contributed by atoms with Gasteiger partial charge in [-0.25, -0.2) is 4.98 Å². The minimum atomic E-state index is -0.190. The Morgan fingerprint density at radius 3 is 2.69 bits per heavy atom. The maximum atomic E-state index is 13.2. The standard InChI is InChI=1S/C25H26ClN3O3/c1-16(30)29-13-10-17-4-2-3-5-20(17)22(29)15-24(31)28-11-8-18(9-12-28)25-27-21-14-19(26)6-7-23(21)32-25/h2-7,14,18,22H,8-13,15H2,1H3. The summed E-state index contributed by atoms with van der Waals surface area (Å²) in [4.78, 5) is 33.8. The highest BCUT2D eigenvalue weighted by molar-refractivity contribution is 6.31. The van der Waals surface area contributed by atoms with Crippen LogP contribution in [-0.4, -0.2) is 46.2 Å². The van der Waals surface area contributed by atoms with Crippen molar-refractivity contribution in [3.8, 4) is 0 Å². The van der Waals surface area contributed by atoms with E-state index in [1.165, 1.54) is 5.56 Å². The van der Waals surface area contributed by atoms with Crippen molar-refractivity contribution in [2.45, 2.75) is 44.6 Å². The normalized spacial score (nSPS) is 19.2. The maximum Gasteiger partial charge on any atom is 0.224 e. The molecule has 1 saturated heterocycles. The van der Waals surface area contributed by atoms with Gasteiger partial charge in [0.1, 0.15) is 5.52 Å². The Labute approximate surface area is 192 Å². The molecule has 0 saturated carbocycles. The van der Waals surface area contributed by atoms with Crippen LogP contribution < -0.4 is 0 Å². The van der Waals surface area contributed by atoms with Crippen LogP contribution in [0.3, 0.4) is 0 Å². The molecule has 1 fully saturated rings. The summed E-state index contributed by atoms with van der Waals surface area (Å²) in [6, 6.07) is 13.4. The van der Waals surface area contributed by atoms with Gasteiger partial charge in [0.2, 0.25) is 11.8 Å². The van der Waals surface area contributed by atoms with Gasteiger partial charge in [-0.1, -0.05) is 35.9 Å². The lowest BCUT2D eigenvalue weighted by Gasteiger charge is -2.38. The molecule has 0 spiro atoms. The molecule has 6 nitrogen and oxygen atoms in total. The first-order valence-electron chi connectivity index (χ1n) is 11.2. The molecular formula is C25H26ClN3O3. The van der Waals surface area contributed by atoms with E-state index >= 15 is 0 Å². The zero-order chi connectivity index (χ0) is 22.2. The van der Waals surface area contributed by atoms with Crippen LogP contribution in [0, 0.1) is 0 Å². The largest absolute Gasteiger partial charge is 0.440 e. The van der Waals surface area contributed by atoms with E-state index in [2.05, 4.69) is 11.1 Å². The quantitative estimate of drug-likeness (QED) is 0.577. The van der Waals surface area contributed by atoms with Gasteiger partial charge in [-0.3, -0.25) is 9.59 Å². The van der Waals surface area contributed by atoms with E-state index in [9.17, 15) is 9.59 Å². The molecule has 0 bridgehead atoms. The van der Waals surface area contributed by atoms with Gasteiger partial charge in [-0.2, -0.15) is 0 Å². The lowest BCUT2D eigenvalue weighted by Crippen LogP contribution is -2.43. The van der Waals surface area contributed by atoms with Crippen LogP contribution in [-0.2, 0) is 16.0 Å². The Morgan fingerprint density at radius 1 is 1.12 bits per heavy atom. The summed E-state index contributed by atoms with van der Waals surface area (Å²) in [7, 11) is 0. The van der Waals surface area contributed by atoms with Crippen molar-refractivity contribution in [2.75, 3.05) is 19.6 Å². The van der Waals surface area contributed by atoms with E-state index in [1.807, 2.05) is 40.1 Å². The zero-order valence-electron chi connectivity index (χ0n) is 18.1. The second-order valence-corrected chi connectivity index (χ2v) is 9.14. The van der Waals surface area contributed by atoms with Crippen LogP contribution in [0.5, 0.6) is 0 Å². The van der Waals surface area contributed by atoms with E-state index in [-0.39, 0.29) is 23.8 Å². The minimum absolute atomic E-state index is 0.0204. The third-order valence-corrected chi connectivity index (χ3v) is 6.98. The number of halogens is 1. The summed E-state index contributed by atoms with van der Waals surface area (Å²) in [5, 5.41) is 0.640. The molecule has 32 heavy (non-hydrogen) atoms. The molecule has 2 amide bonds. The molecule has 7 heteroatoms. The van der Waals surface area contributed by atoms with Crippen LogP contribution in [0.1, 0.15) is 55.2 Å². The summed E-state index contributed by atoms with van der Waals surface area (Å²) in [5.41, 5.74) is 3.84. The summed E-state index contributed by atoms with van der Waals surface area (Å²) in [5.74, 6) is 1.03. The molecule has 1 unspecified atom stereocenters. The van der Waals surface area contributed by atoms with Crippen molar-refractivity contribution in [1.82, 2.24) is 14.8 Å². The van der Waals surface area contributed by atoms with Crippen LogP contribution in [0.2, 0.25) is 5.02 Å².